The van der Waals surface area contributed by atoms with Gasteiger partial charge in [0.25, 0.3) is 0 Å². The molecule has 6 heteroatoms. The van der Waals surface area contributed by atoms with Crippen LogP contribution in [0.3, 0.4) is 0 Å². The van der Waals surface area contributed by atoms with Crippen molar-refractivity contribution in [2.45, 2.75) is 26.3 Å². The summed E-state index contributed by atoms with van der Waals surface area (Å²) in [5.41, 5.74) is 6.50. The molecule has 0 bridgehead atoms. The Morgan fingerprint density at radius 3 is 3.00 bits per heavy atom. The summed E-state index contributed by atoms with van der Waals surface area (Å²) in [7, 11) is 0. The molecule has 0 fully saturated rings. The van der Waals surface area contributed by atoms with Crippen molar-refractivity contribution in [2.24, 2.45) is 0 Å². The van der Waals surface area contributed by atoms with Crippen molar-refractivity contribution in [1.29, 1.82) is 0 Å². The van der Waals surface area contributed by atoms with E-state index in [-0.39, 0.29) is 0 Å². The van der Waals surface area contributed by atoms with Crippen molar-refractivity contribution in [3.8, 4) is 0 Å². The summed E-state index contributed by atoms with van der Waals surface area (Å²) in [6.45, 7) is 3.12. The van der Waals surface area contributed by atoms with Crippen LogP contribution in [0.2, 0.25) is 0 Å². The molecule has 15 heavy (non-hydrogen) atoms. The maximum Gasteiger partial charge on any atom is 0.161 e. The SMILES string of the molecule is CCCn1ccnc1Cc1nsnc1N. The smallest absolute Gasteiger partial charge is 0.161 e. The molecule has 2 aromatic heterocycles. The summed E-state index contributed by atoms with van der Waals surface area (Å²) < 4.78 is 10.2. The molecule has 0 atom stereocenters. The van der Waals surface area contributed by atoms with E-state index in [0.29, 0.717) is 12.2 Å². The van der Waals surface area contributed by atoms with Gasteiger partial charge < -0.3 is 10.3 Å². The first-order valence-corrected chi connectivity index (χ1v) is 5.61. The summed E-state index contributed by atoms with van der Waals surface area (Å²) in [5, 5.41) is 0. The van der Waals surface area contributed by atoms with Gasteiger partial charge in [-0.25, -0.2) is 4.98 Å². The highest BCUT2D eigenvalue weighted by Gasteiger charge is 2.09. The minimum atomic E-state index is 0.519. The molecule has 0 saturated carbocycles. The van der Waals surface area contributed by atoms with Gasteiger partial charge in [-0.15, -0.1) is 0 Å². The fourth-order valence-electron chi connectivity index (χ4n) is 1.44. The molecule has 0 radical (unpaired) electrons. The molecule has 2 rings (SSSR count). The zero-order chi connectivity index (χ0) is 10.7. The molecule has 2 heterocycles. The Morgan fingerprint density at radius 1 is 1.47 bits per heavy atom. The quantitative estimate of drug-likeness (QED) is 0.848. The molecule has 0 aromatic carbocycles. The highest BCUT2D eigenvalue weighted by molar-refractivity contribution is 6.99. The Balaban J connectivity index is 2.17. The maximum absolute atomic E-state index is 5.68. The van der Waals surface area contributed by atoms with E-state index in [9.17, 15) is 0 Å². The highest BCUT2D eigenvalue weighted by atomic mass is 32.1. The number of hydrogen-bond acceptors (Lipinski definition) is 5. The molecular weight excluding hydrogens is 210 g/mol. The number of nitrogens with zero attached hydrogens (tertiary/aromatic N) is 4. The van der Waals surface area contributed by atoms with Gasteiger partial charge in [-0.3, -0.25) is 0 Å². The molecule has 0 aliphatic rings. The van der Waals surface area contributed by atoms with Crippen LogP contribution in [0.25, 0.3) is 0 Å². The molecule has 0 saturated heterocycles. The van der Waals surface area contributed by atoms with Crippen molar-refractivity contribution in [1.82, 2.24) is 18.3 Å². The molecule has 0 aliphatic carbocycles. The predicted octanol–water partition coefficient (Wildman–Crippen LogP) is 1.32. The second kappa shape index (κ2) is 4.39. The van der Waals surface area contributed by atoms with Crippen LogP contribution in [0, 0.1) is 0 Å². The third kappa shape index (κ3) is 2.15. The lowest BCUT2D eigenvalue weighted by Crippen LogP contribution is -2.04. The number of hydrogen-bond donors (Lipinski definition) is 1. The Hall–Kier alpha value is -1.43. The Bertz CT molecular complexity index is 433. The van der Waals surface area contributed by atoms with Gasteiger partial charge >= 0.3 is 0 Å². The molecular formula is C9H13N5S. The molecule has 5 nitrogen and oxygen atoms in total. The van der Waals surface area contributed by atoms with Crippen molar-refractivity contribution >= 4 is 17.5 Å². The van der Waals surface area contributed by atoms with Gasteiger partial charge in [0, 0.05) is 18.9 Å². The minimum absolute atomic E-state index is 0.519. The second-order valence-corrected chi connectivity index (χ2v) is 3.84. The zero-order valence-corrected chi connectivity index (χ0v) is 9.37. The zero-order valence-electron chi connectivity index (χ0n) is 8.55. The highest BCUT2D eigenvalue weighted by Crippen LogP contribution is 2.12. The number of nitrogens with two attached hydrogens (primary N) is 1. The van der Waals surface area contributed by atoms with Gasteiger partial charge in [0.2, 0.25) is 0 Å². The van der Waals surface area contributed by atoms with Crippen LogP contribution in [0.4, 0.5) is 5.82 Å². The lowest BCUT2D eigenvalue weighted by Gasteiger charge is -2.04. The molecule has 2 aromatic rings. The average molecular weight is 223 g/mol. The van der Waals surface area contributed by atoms with Gasteiger partial charge in [0.15, 0.2) is 5.82 Å². The topological polar surface area (TPSA) is 69.6 Å². The molecule has 80 valence electrons. The molecule has 0 spiro atoms. The monoisotopic (exact) mass is 223 g/mol. The Kier molecular flexibility index (Phi) is 2.96. The molecule has 0 unspecified atom stereocenters. The Morgan fingerprint density at radius 2 is 2.33 bits per heavy atom. The summed E-state index contributed by atoms with van der Waals surface area (Å²) in [5.74, 6) is 1.52. The Labute approximate surface area is 92.3 Å². The van der Waals surface area contributed by atoms with Crippen molar-refractivity contribution in [3.05, 3.63) is 23.9 Å². The number of imidazole rings is 1. The van der Waals surface area contributed by atoms with Gasteiger partial charge in [-0.05, 0) is 6.42 Å². The van der Waals surface area contributed by atoms with Crippen LogP contribution in [0.15, 0.2) is 12.4 Å². The molecule has 0 aliphatic heterocycles. The largest absolute Gasteiger partial charge is 0.381 e. The number of nitrogen functional groups attached to an aromatic ring is 1. The minimum Gasteiger partial charge on any atom is -0.381 e. The van der Waals surface area contributed by atoms with Crippen LogP contribution < -0.4 is 5.73 Å². The van der Waals surface area contributed by atoms with Crippen molar-refractivity contribution in [2.75, 3.05) is 5.73 Å². The molecule has 0 amide bonds. The van der Waals surface area contributed by atoms with Crippen molar-refractivity contribution in [3.63, 3.8) is 0 Å². The van der Waals surface area contributed by atoms with E-state index >= 15 is 0 Å². The van der Waals surface area contributed by atoms with E-state index in [1.807, 2.05) is 6.20 Å². The number of aromatic nitrogens is 4. The summed E-state index contributed by atoms with van der Waals surface area (Å²) in [6, 6.07) is 0. The lowest BCUT2D eigenvalue weighted by molar-refractivity contribution is 0.645. The summed E-state index contributed by atoms with van der Waals surface area (Å²) >= 11 is 1.15. The van der Waals surface area contributed by atoms with Gasteiger partial charge in [0.1, 0.15) is 11.5 Å². The number of rotatable bonds is 4. The van der Waals surface area contributed by atoms with Crippen LogP contribution in [-0.2, 0) is 13.0 Å². The third-order valence-corrected chi connectivity index (χ3v) is 2.76. The maximum atomic E-state index is 5.68. The van der Waals surface area contributed by atoms with E-state index in [4.69, 9.17) is 5.73 Å². The fourth-order valence-corrected chi connectivity index (χ4v) is 1.93. The number of aryl methyl sites for hydroxylation is 1. The van der Waals surface area contributed by atoms with Crippen molar-refractivity contribution < 1.29 is 0 Å². The standard InChI is InChI=1S/C9H13N5S/c1-2-4-14-5-3-11-8(14)6-7-9(10)13-15-12-7/h3,5H,2,4,6H2,1H3,(H2,10,13). The normalized spacial score (nSPS) is 10.7. The molecule has 2 N–H and O–H groups in total. The van der Waals surface area contributed by atoms with Gasteiger partial charge in [-0.1, -0.05) is 6.92 Å². The van der Waals surface area contributed by atoms with Crippen LogP contribution in [0.5, 0.6) is 0 Å². The second-order valence-electron chi connectivity index (χ2n) is 3.31. The summed E-state index contributed by atoms with van der Waals surface area (Å²) in [4.78, 5) is 4.30. The first kappa shape index (κ1) is 10.1. The predicted molar refractivity (Wildman–Crippen MR) is 59.6 cm³/mol. The van der Waals surface area contributed by atoms with Gasteiger partial charge in [0.05, 0.1) is 18.1 Å². The fraction of sp³-hybridized carbons (Fsp3) is 0.444. The van der Waals surface area contributed by atoms with E-state index < -0.39 is 0 Å². The van der Waals surface area contributed by atoms with Crippen LogP contribution in [0.1, 0.15) is 24.9 Å². The first-order chi connectivity index (χ1) is 7.31. The van der Waals surface area contributed by atoms with Crippen LogP contribution >= 0.6 is 11.7 Å². The van der Waals surface area contributed by atoms with E-state index in [1.54, 1.807) is 6.20 Å². The van der Waals surface area contributed by atoms with E-state index in [1.165, 1.54) is 0 Å². The average Bonchev–Trinajstić information content (AvgIpc) is 2.80. The van der Waals surface area contributed by atoms with Gasteiger partial charge in [-0.2, -0.15) is 8.75 Å². The third-order valence-electron chi connectivity index (χ3n) is 2.18. The van der Waals surface area contributed by atoms with E-state index in [0.717, 1.165) is 36.2 Å². The lowest BCUT2D eigenvalue weighted by atomic mass is 10.3. The number of anilines is 1. The summed E-state index contributed by atoms with van der Waals surface area (Å²) in [6.07, 6.45) is 5.54. The van der Waals surface area contributed by atoms with E-state index in [2.05, 4.69) is 25.2 Å². The first-order valence-electron chi connectivity index (χ1n) is 4.88. The van der Waals surface area contributed by atoms with Crippen LogP contribution in [-0.4, -0.2) is 18.3 Å².